The summed E-state index contributed by atoms with van der Waals surface area (Å²) in [4.78, 5) is 16.8. The number of rotatable bonds is 7. The van der Waals surface area contributed by atoms with E-state index in [4.69, 9.17) is 4.74 Å². The summed E-state index contributed by atoms with van der Waals surface area (Å²) in [5.74, 6) is 0.227. The van der Waals surface area contributed by atoms with Gasteiger partial charge in [-0.05, 0) is 18.2 Å². The fourth-order valence-corrected chi connectivity index (χ4v) is 3.76. The number of carbonyl (C=O) groups excluding carboxylic acids is 1. The fourth-order valence-electron chi connectivity index (χ4n) is 2.90. The Morgan fingerprint density at radius 2 is 1.86 bits per heavy atom. The number of nitrogens with zero attached hydrogens (tertiary/aromatic N) is 2. The topological polar surface area (TPSA) is 88.6 Å². The molecule has 0 unspecified atom stereocenters. The van der Waals surface area contributed by atoms with Gasteiger partial charge in [0.2, 0.25) is 15.9 Å². The molecule has 0 aliphatic rings. The number of carbonyl (C=O) groups is 1. The van der Waals surface area contributed by atoms with Crippen molar-refractivity contribution in [2.24, 2.45) is 0 Å². The molecule has 0 radical (unpaired) electrons. The Labute approximate surface area is 164 Å². The van der Waals surface area contributed by atoms with Gasteiger partial charge in [0.05, 0.1) is 24.6 Å². The molecule has 1 heterocycles. The zero-order valence-corrected chi connectivity index (χ0v) is 16.4. The second-order valence-electron chi connectivity index (χ2n) is 6.21. The number of para-hydroxylation sites is 2. The van der Waals surface area contributed by atoms with Gasteiger partial charge in [-0.2, -0.15) is 0 Å². The van der Waals surface area contributed by atoms with E-state index in [0.29, 0.717) is 17.0 Å². The summed E-state index contributed by atoms with van der Waals surface area (Å²) in [6.07, 6.45) is 2.66. The largest absolute Gasteiger partial charge is 0.496 e. The molecule has 0 saturated heterocycles. The van der Waals surface area contributed by atoms with Crippen molar-refractivity contribution in [3.05, 3.63) is 66.4 Å². The highest BCUT2D eigenvalue weighted by atomic mass is 32.2. The number of ether oxygens (including phenoxy) is 1. The first kappa shape index (κ1) is 19.6. The number of pyridine rings is 1. The van der Waals surface area contributed by atoms with Gasteiger partial charge in [-0.1, -0.05) is 36.4 Å². The van der Waals surface area contributed by atoms with Gasteiger partial charge in [0.1, 0.15) is 12.3 Å². The number of methoxy groups -OCH3 is 1. The van der Waals surface area contributed by atoms with Crippen LogP contribution in [0.3, 0.4) is 0 Å². The molecule has 0 aliphatic carbocycles. The van der Waals surface area contributed by atoms with E-state index in [1.165, 1.54) is 0 Å². The van der Waals surface area contributed by atoms with Crippen LogP contribution in [0.5, 0.6) is 5.75 Å². The van der Waals surface area contributed by atoms with Crippen LogP contribution in [0, 0.1) is 0 Å². The smallest absolute Gasteiger partial charge is 0.241 e. The minimum absolute atomic E-state index is 0.230. The summed E-state index contributed by atoms with van der Waals surface area (Å²) in [6, 6.07) is 16.2. The standard InChI is InChI=1S/C20H21N3O4S/c1-27-18-11-4-3-7-16(18)13-22-19(24)14-23(28(2,25)26)17-10-5-8-15-9-6-12-21-20(15)17/h3-12H,13-14H2,1-2H3,(H,22,24). The van der Waals surface area contributed by atoms with E-state index >= 15 is 0 Å². The van der Waals surface area contributed by atoms with Gasteiger partial charge in [-0.25, -0.2) is 8.42 Å². The van der Waals surface area contributed by atoms with E-state index in [9.17, 15) is 13.2 Å². The van der Waals surface area contributed by atoms with Crippen molar-refractivity contribution in [3.8, 4) is 5.75 Å². The van der Waals surface area contributed by atoms with E-state index in [1.807, 2.05) is 30.3 Å². The van der Waals surface area contributed by atoms with Crippen LogP contribution in [-0.4, -0.2) is 39.2 Å². The van der Waals surface area contributed by atoms with Crippen molar-refractivity contribution in [2.45, 2.75) is 6.54 Å². The summed E-state index contributed by atoms with van der Waals surface area (Å²) < 4.78 is 31.1. The lowest BCUT2D eigenvalue weighted by Crippen LogP contribution is -2.40. The van der Waals surface area contributed by atoms with Crippen molar-refractivity contribution < 1.29 is 17.9 Å². The van der Waals surface area contributed by atoms with Gasteiger partial charge in [0.25, 0.3) is 0 Å². The normalized spacial score (nSPS) is 11.2. The van der Waals surface area contributed by atoms with Crippen LogP contribution in [0.2, 0.25) is 0 Å². The SMILES string of the molecule is COc1ccccc1CNC(=O)CN(c1cccc2cccnc12)S(C)(=O)=O. The number of nitrogens with one attached hydrogen (secondary N) is 1. The number of fused-ring (bicyclic) bond motifs is 1. The van der Waals surface area contributed by atoms with E-state index in [-0.39, 0.29) is 13.1 Å². The third-order valence-electron chi connectivity index (χ3n) is 4.24. The Hall–Kier alpha value is -3.13. The van der Waals surface area contributed by atoms with Crippen molar-refractivity contribution >= 4 is 32.5 Å². The number of sulfonamides is 1. The first-order valence-electron chi connectivity index (χ1n) is 8.60. The Kier molecular flexibility index (Phi) is 5.79. The molecule has 0 spiro atoms. The zero-order valence-electron chi connectivity index (χ0n) is 15.6. The number of aromatic nitrogens is 1. The molecule has 28 heavy (non-hydrogen) atoms. The Morgan fingerprint density at radius 3 is 2.61 bits per heavy atom. The van der Waals surface area contributed by atoms with Crippen LogP contribution in [0.4, 0.5) is 5.69 Å². The molecule has 0 bridgehead atoms. The molecular formula is C20H21N3O4S. The van der Waals surface area contributed by atoms with Crippen molar-refractivity contribution in [1.82, 2.24) is 10.3 Å². The van der Waals surface area contributed by atoms with Crippen molar-refractivity contribution in [2.75, 3.05) is 24.2 Å². The Bertz CT molecular complexity index is 1090. The molecule has 0 atom stereocenters. The molecule has 146 valence electrons. The highest BCUT2D eigenvalue weighted by molar-refractivity contribution is 7.92. The van der Waals surface area contributed by atoms with E-state index < -0.39 is 15.9 Å². The zero-order chi connectivity index (χ0) is 20.1. The molecule has 0 fully saturated rings. The molecule has 1 aromatic heterocycles. The van der Waals surface area contributed by atoms with Crippen molar-refractivity contribution in [3.63, 3.8) is 0 Å². The second kappa shape index (κ2) is 8.26. The van der Waals surface area contributed by atoms with Gasteiger partial charge in [-0.15, -0.1) is 0 Å². The first-order chi connectivity index (χ1) is 13.4. The van der Waals surface area contributed by atoms with E-state index in [1.54, 1.807) is 37.6 Å². The lowest BCUT2D eigenvalue weighted by atomic mass is 10.2. The molecule has 3 aromatic rings. The van der Waals surface area contributed by atoms with Gasteiger partial charge < -0.3 is 10.1 Å². The molecule has 7 nitrogen and oxygen atoms in total. The van der Waals surface area contributed by atoms with Crippen LogP contribution in [0.1, 0.15) is 5.56 Å². The highest BCUT2D eigenvalue weighted by Crippen LogP contribution is 2.26. The molecule has 0 saturated carbocycles. The first-order valence-corrected chi connectivity index (χ1v) is 10.4. The van der Waals surface area contributed by atoms with Gasteiger partial charge in [-0.3, -0.25) is 14.1 Å². The maximum atomic E-state index is 12.5. The summed E-state index contributed by atoms with van der Waals surface area (Å²) >= 11 is 0. The van der Waals surface area contributed by atoms with Crippen molar-refractivity contribution in [1.29, 1.82) is 0 Å². The monoisotopic (exact) mass is 399 g/mol. The van der Waals surface area contributed by atoms with Gasteiger partial charge >= 0.3 is 0 Å². The van der Waals surface area contributed by atoms with Crippen LogP contribution >= 0.6 is 0 Å². The molecular weight excluding hydrogens is 378 g/mol. The summed E-state index contributed by atoms with van der Waals surface area (Å²) in [5.41, 5.74) is 1.69. The third kappa shape index (κ3) is 4.40. The van der Waals surface area contributed by atoms with Crippen LogP contribution in [0.15, 0.2) is 60.8 Å². The highest BCUT2D eigenvalue weighted by Gasteiger charge is 2.23. The Morgan fingerprint density at radius 1 is 1.11 bits per heavy atom. The second-order valence-corrected chi connectivity index (χ2v) is 8.12. The summed E-state index contributed by atoms with van der Waals surface area (Å²) in [5, 5.41) is 3.54. The Balaban J connectivity index is 1.83. The number of amides is 1. The quantitative estimate of drug-likeness (QED) is 0.659. The minimum atomic E-state index is -3.69. The fraction of sp³-hybridized carbons (Fsp3) is 0.200. The number of hydrogen-bond donors (Lipinski definition) is 1. The average molecular weight is 399 g/mol. The lowest BCUT2D eigenvalue weighted by Gasteiger charge is -2.23. The van der Waals surface area contributed by atoms with Crippen LogP contribution in [-0.2, 0) is 21.4 Å². The number of hydrogen-bond acceptors (Lipinski definition) is 5. The predicted molar refractivity (Wildman–Crippen MR) is 109 cm³/mol. The maximum absolute atomic E-state index is 12.5. The van der Waals surface area contributed by atoms with E-state index in [0.717, 1.165) is 21.5 Å². The maximum Gasteiger partial charge on any atom is 0.241 e. The summed E-state index contributed by atoms with van der Waals surface area (Å²) in [6.45, 7) is -0.113. The summed E-state index contributed by atoms with van der Waals surface area (Å²) in [7, 11) is -2.14. The minimum Gasteiger partial charge on any atom is -0.496 e. The molecule has 8 heteroatoms. The van der Waals surface area contributed by atoms with Crippen LogP contribution < -0.4 is 14.4 Å². The predicted octanol–water partition coefficient (Wildman–Crippen LogP) is 2.33. The number of benzene rings is 2. The van der Waals surface area contributed by atoms with Gasteiger partial charge in [0, 0.05) is 23.7 Å². The third-order valence-corrected chi connectivity index (χ3v) is 5.36. The molecule has 1 N–H and O–H groups in total. The lowest BCUT2D eigenvalue weighted by molar-refractivity contribution is -0.119. The van der Waals surface area contributed by atoms with Crippen LogP contribution in [0.25, 0.3) is 10.9 Å². The molecule has 0 aliphatic heterocycles. The van der Waals surface area contributed by atoms with E-state index in [2.05, 4.69) is 10.3 Å². The van der Waals surface area contributed by atoms with Gasteiger partial charge in [0.15, 0.2) is 0 Å². The molecule has 3 rings (SSSR count). The average Bonchev–Trinajstić information content (AvgIpc) is 2.69. The molecule has 1 amide bonds. The molecule has 2 aromatic carbocycles. The number of anilines is 1.